The van der Waals surface area contributed by atoms with Gasteiger partial charge in [-0.3, -0.25) is 9.88 Å². The van der Waals surface area contributed by atoms with Gasteiger partial charge in [0.25, 0.3) is 0 Å². The van der Waals surface area contributed by atoms with Crippen LogP contribution in [0.25, 0.3) is 0 Å². The summed E-state index contributed by atoms with van der Waals surface area (Å²) in [7, 11) is 0. The Kier molecular flexibility index (Phi) is 3.85. The quantitative estimate of drug-likeness (QED) is 0.899. The summed E-state index contributed by atoms with van der Waals surface area (Å²) in [6.45, 7) is 7.75. The van der Waals surface area contributed by atoms with Gasteiger partial charge >= 0.3 is 0 Å². The van der Waals surface area contributed by atoms with Crippen molar-refractivity contribution in [2.45, 2.75) is 51.7 Å². The maximum Gasteiger partial charge on any atom is 0.0372 e. The normalized spacial score (nSPS) is 28.5. The van der Waals surface area contributed by atoms with Crippen molar-refractivity contribution in [2.24, 2.45) is 5.92 Å². The zero-order valence-corrected chi connectivity index (χ0v) is 12.1. The summed E-state index contributed by atoms with van der Waals surface area (Å²) < 4.78 is 0. The van der Waals surface area contributed by atoms with Crippen LogP contribution in [0, 0.1) is 12.8 Å². The van der Waals surface area contributed by atoms with Crippen LogP contribution in [0.15, 0.2) is 18.3 Å². The third-order valence-electron chi connectivity index (χ3n) is 4.58. The largest absolute Gasteiger partial charge is 0.311 e. The van der Waals surface area contributed by atoms with E-state index in [9.17, 15) is 0 Å². The molecule has 1 N–H and O–H groups in total. The lowest BCUT2D eigenvalue weighted by molar-refractivity contribution is 0.111. The molecule has 1 aromatic heterocycles. The smallest absolute Gasteiger partial charge is 0.0372 e. The van der Waals surface area contributed by atoms with Crippen molar-refractivity contribution in [3.8, 4) is 0 Å². The van der Waals surface area contributed by atoms with E-state index in [0.29, 0.717) is 6.04 Å². The molecule has 2 unspecified atom stereocenters. The van der Waals surface area contributed by atoms with Crippen LogP contribution in [0.1, 0.15) is 37.4 Å². The molecule has 0 radical (unpaired) electrons. The number of nitrogens with zero attached hydrogens (tertiary/aromatic N) is 2. The van der Waals surface area contributed by atoms with Crippen LogP contribution in [0.5, 0.6) is 0 Å². The molecule has 1 saturated heterocycles. The molecule has 1 aromatic rings. The summed E-state index contributed by atoms with van der Waals surface area (Å²) in [5.74, 6) is 0.941. The number of nitrogens with one attached hydrogen (secondary N) is 1. The highest BCUT2D eigenvalue weighted by molar-refractivity contribution is 5.13. The number of hydrogen-bond acceptors (Lipinski definition) is 3. The van der Waals surface area contributed by atoms with Gasteiger partial charge in [0.15, 0.2) is 0 Å². The molecule has 2 aliphatic rings. The maximum absolute atomic E-state index is 4.42. The van der Waals surface area contributed by atoms with Crippen LogP contribution in [0.4, 0.5) is 0 Å². The second-order valence-electron chi connectivity index (χ2n) is 6.15. The van der Waals surface area contributed by atoms with Crippen LogP contribution in [0.3, 0.4) is 0 Å². The van der Waals surface area contributed by atoms with Crippen molar-refractivity contribution >= 4 is 0 Å². The molecule has 3 nitrogen and oxygen atoms in total. The minimum Gasteiger partial charge on any atom is -0.311 e. The molecule has 0 spiro atoms. The second kappa shape index (κ2) is 5.59. The summed E-state index contributed by atoms with van der Waals surface area (Å²) >= 11 is 0. The molecule has 104 valence electrons. The number of rotatable bonds is 4. The summed E-state index contributed by atoms with van der Waals surface area (Å²) in [5, 5.41) is 3.75. The molecule has 19 heavy (non-hydrogen) atoms. The Labute approximate surface area is 116 Å². The topological polar surface area (TPSA) is 28.2 Å². The van der Waals surface area contributed by atoms with Gasteiger partial charge in [0.05, 0.1) is 0 Å². The lowest BCUT2D eigenvalue weighted by atomic mass is 10.0. The lowest BCUT2D eigenvalue weighted by Gasteiger charge is -2.40. The van der Waals surface area contributed by atoms with Crippen molar-refractivity contribution < 1.29 is 0 Å². The van der Waals surface area contributed by atoms with Gasteiger partial charge in [-0.15, -0.1) is 0 Å². The number of aryl methyl sites for hydroxylation is 1. The molecule has 1 saturated carbocycles. The standard InChI is InChI=1S/C16H25N3/c1-3-15-9-18-16(14-6-7-14)11-19(15)10-13-5-4-12(2)17-8-13/h4-5,8,14-16,18H,3,6-7,9-11H2,1-2H3. The molecule has 2 atom stereocenters. The summed E-state index contributed by atoms with van der Waals surface area (Å²) in [6.07, 6.45) is 6.11. The minimum atomic E-state index is 0.677. The molecular formula is C16H25N3. The molecule has 1 aliphatic heterocycles. The Bertz CT molecular complexity index is 411. The van der Waals surface area contributed by atoms with Crippen LogP contribution in [-0.4, -0.2) is 35.1 Å². The van der Waals surface area contributed by atoms with Gasteiger partial charge < -0.3 is 5.32 Å². The van der Waals surface area contributed by atoms with E-state index in [1.807, 2.05) is 13.1 Å². The highest BCUT2D eigenvalue weighted by atomic mass is 15.2. The lowest BCUT2D eigenvalue weighted by Crippen LogP contribution is -2.56. The first-order valence-corrected chi connectivity index (χ1v) is 7.65. The van der Waals surface area contributed by atoms with Crippen molar-refractivity contribution in [1.29, 1.82) is 0 Å². The number of aromatic nitrogens is 1. The zero-order chi connectivity index (χ0) is 13.2. The second-order valence-corrected chi connectivity index (χ2v) is 6.15. The Balaban J connectivity index is 1.66. The predicted molar refractivity (Wildman–Crippen MR) is 78.0 cm³/mol. The first kappa shape index (κ1) is 13.1. The van der Waals surface area contributed by atoms with Crippen LogP contribution in [0.2, 0.25) is 0 Å². The Morgan fingerprint density at radius 3 is 2.84 bits per heavy atom. The van der Waals surface area contributed by atoms with E-state index < -0.39 is 0 Å². The molecular weight excluding hydrogens is 234 g/mol. The molecule has 3 heteroatoms. The Morgan fingerprint density at radius 2 is 2.21 bits per heavy atom. The molecule has 2 heterocycles. The highest BCUT2D eigenvalue weighted by Crippen LogP contribution is 2.34. The average Bonchev–Trinajstić information content (AvgIpc) is 3.26. The van der Waals surface area contributed by atoms with Gasteiger partial charge in [-0.2, -0.15) is 0 Å². The van der Waals surface area contributed by atoms with Gasteiger partial charge in [-0.05, 0) is 43.7 Å². The molecule has 2 fully saturated rings. The Morgan fingerprint density at radius 1 is 1.37 bits per heavy atom. The SMILES string of the molecule is CCC1CNC(C2CC2)CN1Cc1ccc(C)nc1. The van der Waals surface area contributed by atoms with E-state index in [1.165, 1.54) is 31.4 Å². The van der Waals surface area contributed by atoms with Gasteiger partial charge in [0, 0.05) is 43.6 Å². The molecule has 1 aliphatic carbocycles. The fourth-order valence-corrected chi connectivity index (χ4v) is 3.12. The maximum atomic E-state index is 4.42. The average molecular weight is 259 g/mol. The molecule has 0 aromatic carbocycles. The van der Waals surface area contributed by atoms with Gasteiger partial charge in [0.1, 0.15) is 0 Å². The van der Waals surface area contributed by atoms with Crippen molar-refractivity contribution in [1.82, 2.24) is 15.2 Å². The van der Waals surface area contributed by atoms with E-state index in [-0.39, 0.29) is 0 Å². The van der Waals surface area contributed by atoms with E-state index >= 15 is 0 Å². The van der Waals surface area contributed by atoms with Crippen LogP contribution in [-0.2, 0) is 6.54 Å². The number of hydrogen-bond donors (Lipinski definition) is 1. The first-order valence-electron chi connectivity index (χ1n) is 7.65. The summed E-state index contributed by atoms with van der Waals surface area (Å²) in [5.41, 5.74) is 2.45. The monoisotopic (exact) mass is 259 g/mol. The van der Waals surface area contributed by atoms with Gasteiger partial charge in [-0.1, -0.05) is 13.0 Å². The van der Waals surface area contributed by atoms with Gasteiger partial charge in [-0.25, -0.2) is 0 Å². The highest BCUT2D eigenvalue weighted by Gasteiger charge is 2.36. The number of pyridine rings is 1. The fraction of sp³-hybridized carbons (Fsp3) is 0.688. The fourth-order valence-electron chi connectivity index (χ4n) is 3.12. The Hall–Kier alpha value is -0.930. The van der Waals surface area contributed by atoms with Gasteiger partial charge in [0.2, 0.25) is 0 Å². The van der Waals surface area contributed by atoms with Crippen molar-refractivity contribution in [2.75, 3.05) is 13.1 Å². The predicted octanol–water partition coefficient (Wildman–Crippen LogP) is 2.35. The van der Waals surface area contributed by atoms with Crippen LogP contribution >= 0.6 is 0 Å². The first-order chi connectivity index (χ1) is 9.26. The third kappa shape index (κ3) is 3.15. The summed E-state index contributed by atoms with van der Waals surface area (Å²) in [6, 6.07) is 5.75. The van der Waals surface area contributed by atoms with E-state index in [0.717, 1.165) is 30.7 Å². The molecule has 0 bridgehead atoms. The summed E-state index contributed by atoms with van der Waals surface area (Å²) in [4.78, 5) is 7.08. The zero-order valence-electron chi connectivity index (χ0n) is 12.1. The molecule has 0 amide bonds. The number of piperazine rings is 1. The van der Waals surface area contributed by atoms with Crippen molar-refractivity contribution in [3.63, 3.8) is 0 Å². The minimum absolute atomic E-state index is 0.677. The molecule has 3 rings (SSSR count). The third-order valence-corrected chi connectivity index (χ3v) is 4.58. The van der Waals surface area contributed by atoms with E-state index in [1.54, 1.807) is 0 Å². The van der Waals surface area contributed by atoms with E-state index in [4.69, 9.17) is 0 Å². The van der Waals surface area contributed by atoms with Crippen molar-refractivity contribution in [3.05, 3.63) is 29.6 Å². The van der Waals surface area contributed by atoms with E-state index in [2.05, 4.69) is 34.3 Å². The van der Waals surface area contributed by atoms with Crippen LogP contribution < -0.4 is 5.32 Å².